The van der Waals surface area contributed by atoms with E-state index in [0.717, 1.165) is 12.1 Å². The van der Waals surface area contributed by atoms with Crippen LogP contribution in [0.1, 0.15) is 0 Å². The summed E-state index contributed by atoms with van der Waals surface area (Å²) >= 11 is 2.95. The van der Waals surface area contributed by atoms with Gasteiger partial charge < -0.3 is 19.6 Å². The van der Waals surface area contributed by atoms with E-state index in [4.69, 9.17) is 9.84 Å². The van der Waals surface area contributed by atoms with Crippen molar-refractivity contribution >= 4 is 27.7 Å². The van der Waals surface area contributed by atoms with Gasteiger partial charge >= 0.3 is 6.09 Å². The van der Waals surface area contributed by atoms with Crippen LogP contribution in [-0.4, -0.2) is 54.5 Å². The van der Waals surface area contributed by atoms with Crippen LogP contribution >= 0.6 is 15.9 Å². The maximum atomic E-state index is 14.0. The minimum Gasteiger partial charge on any atom is -0.465 e. The fraction of sp³-hybridized carbons (Fsp3) is 0.462. The van der Waals surface area contributed by atoms with Crippen LogP contribution in [0.3, 0.4) is 0 Å². The normalized spacial score (nSPS) is 25.1. The van der Waals surface area contributed by atoms with Crippen molar-refractivity contribution < 1.29 is 23.4 Å². The lowest BCUT2D eigenvalue weighted by atomic mass is 10.1. The Balaban J connectivity index is 1.81. The Morgan fingerprint density at radius 1 is 1.19 bits per heavy atom. The minimum atomic E-state index is -0.984. The van der Waals surface area contributed by atoms with E-state index in [-0.39, 0.29) is 35.5 Å². The standard InChI is InChI=1S/C13H13BrF2N2O3/c14-9-1-11(16)12(2-10(9)15)17-3-7-5-18(13(19)20)6-8(4-17)21-7/h1-2,7-8H,3-6H2,(H,19,20). The third-order valence-corrected chi connectivity index (χ3v) is 4.29. The molecular formula is C13H13BrF2N2O3. The Bertz CT molecular complexity index is 573. The predicted octanol–water partition coefficient (Wildman–Crippen LogP) is 2.29. The minimum absolute atomic E-state index is 0.0780. The quantitative estimate of drug-likeness (QED) is 0.778. The number of hydrogen-bond acceptors (Lipinski definition) is 3. The molecule has 1 amide bonds. The first-order valence-corrected chi connectivity index (χ1v) is 7.26. The van der Waals surface area contributed by atoms with Crippen LogP contribution in [0.2, 0.25) is 0 Å². The Morgan fingerprint density at radius 3 is 2.38 bits per heavy atom. The Hall–Kier alpha value is -1.41. The lowest BCUT2D eigenvalue weighted by Crippen LogP contribution is -2.60. The van der Waals surface area contributed by atoms with Crippen molar-refractivity contribution in [3.63, 3.8) is 0 Å². The number of morpholine rings is 2. The first kappa shape index (κ1) is 14.5. The summed E-state index contributed by atoms with van der Waals surface area (Å²) in [6.45, 7) is 1.14. The topological polar surface area (TPSA) is 53.0 Å². The highest BCUT2D eigenvalue weighted by molar-refractivity contribution is 9.10. The number of benzene rings is 1. The van der Waals surface area contributed by atoms with Gasteiger partial charge in [0.1, 0.15) is 11.6 Å². The van der Waals surface area contributed by atoms with E-state index in [1.165, 1.54) is 4.90 Å². The highest BCUT2D eigenvalue weighted by Crippen LogP contribution is 2.30. The Labute approximate surface area is 128 Å². The van der Waals surface area contributed by atoms with Gasteiger partial charge in [-0.1, -0.05) is 0 Å². The second-order valence-corrected chi connectivity index (χ2v) is 6.04. The van der Waals surface area contributed by atoms with E-state index in [0.29, 0.717) is 13.1 Å². The molecule has 21 heavy (non-hydrogen) atoms. The first-order chi connectivity index (χ1) is 9.94. The molecule has 1 aromatic carbocycles. The van der Waals surface area contributed by atoms with Gasteiger partial charge in [0.15, 0.2) is 0 Å². The van der Waals surface area contributed by atoms with E-state index >= 15 is 0 Å². The van der Waals surface area contributed by atoms with E-state index < -0.39 is 17.7 Å². The Kier molecular flexibility index (Phi) is 3.75. The third kappa shape index (κ3) is 2.82. The maximum absolute atomic E-state index is 14.0. The van der Waals surface area contributed by atoms with Crippen molar-refractivity contribution in [3.8, 4) is 0 Å². The number of amides is 1. The average Bonchev–Trinajstić information content (AvgIpc) is 2.41. The molecule has 0 saturated carbocycles. The number of carboxylic acid groups (broad SMARTS) is 1. The molecule has 1 N–H and O–H groups in total. The molecule has 2 aliphatic rings. The van der Waals surface area contributed by atoms with Gasteiger partial charge in [0.25, 0.3) is 0 Å². The van der Waals surface area contributed by atoms with Gasteiger partial charge in [-0.15, -0.1) is 0 Å². The zero-order valence-corrected chi connectivity index (χ0v) is 12.5. The first-order valence-electron chi connectivity index (χ1n) is 6.47. The molecule has 0 aliphatic carbocycles. The van der Waals surface area contributed by atoms with E-state index in [1.54, 1.807) is 4.90 Å². The summed E-state index contributed by atoms with van der Waals surface area (Å²) in [5.74, 6) is -1.05. The van der Waals surface area contributed by atoms with Crippen LogP contribution < -0.4 is 4.90 Å². The van der Waals surface area contributed by atoms with E-state index in [9.17, 15) is 13.6 Å². The van der Waals surface area contributed by atoms with Crippen molar-refractivity contribution in [1.29, 1.82) is 0 Å². The molecule has 114 valence electrons. The molecule has 0 spiro atoms. The van der Waals surface area contributed by atoms with Crippen LogP contribution in [-0.2, 0) is 4.74 Å². The number of nitrogens with zero attached hydrogens (tertiary/aromatic N) is 2. The number of carbonyl (C=O) groups is 1. The number of halogens is 3. The molecule has 2 unspecified atom stereocenters. The van der Waals surface area contributed by atoms with Gasteiger partial charge in [-0.2, -0.15) is 0 Å². The van der Waals surface area contributed by atoms with Crippen LogP contribution in [0, 0.1) is 11.6 Å². The van der Waals surface area contributed by atoms with Crippen LogP contribution in [0.15, 0.2) is 16.6 Å². The number of hydrogen-bond donors (Lipinski definition) is 1. The van der Waals surface area contributed by atoms with E-state index in [1.807, 2.05) is 0 Å². The lowest BCUT2D eigenvalue weighted by molar-refractivity contribution is -0.0866. The van der Waals surface area contributed by atoms with Gasteiger partial charge in [-0.25, -0.2) is 13.6 Å². The second kappa shape index (κ2) is 5.42. The van der Waals surface area contributed by atoms with E-state index in [2.05, 4.69) is 15.9 Å². The summed E-state index contributed by atoms with van der Waals surface area (Å²) in [6.07, 6.45) is -1.65. The highest BCUT2D eigenvalue weighted by Gasteiger charge is 2.37. The molecule has 5 nitrogen and oxygen atoms in total. The smallest absolute Gasteiger partial charge is 0.407 e. The maximum Gasteiger partial charge on any atom is 0.407 e. The molecule has 1 aromatic rings. The monoisotopic (exact) mass is 362 g/mol. The summed E-state index contributed by atoms with van der Waals surface area (Å²) in [7, 11) is 0. The van der Waals surface area contributed by atoms with Gasteiger partial charge in [-0.05, 0) is 22.0 Å². The third-order valence-electron chi connectivity index (χ3n) is 3.68. The van der Waals surface area contributed by atoms with Crippen LogP contribution in [0.4, 0.5) is 19.3 Å². The zero-order chi connectivity index (χ0) is 15.1. The van der Waals surface area contributed by atoms with Gasteiger partial charge in [-0.3, -0.25) is 0 Å². The summed E-state index contributed by atoms with van der Waals surface area (Å²) in [6, 6.07) is 2.24. The van der Waals surface area contributed by atoms with Gasteiger partial charge in [0.2, 0.25) is 0 Å². The molecule has 2 saturated heterocycles. The molecule has 2 atom stereocenters. The Morgan fingerprint density at radius 2 is 1.81 bits per heavy atom. The largest absolute Gasteiger partial charge is 0.465 e. The molecule has 2 heterocycles. The molecule has 3 rings (SSSR count). The summed E-state index contributed by atoms with van der Waals surface area (Å²) in [4.78, 5) is 14.0. The summed E-state index contributed by atoms with van der Waals surface area (Å²) < 4.78 is 33.4. The van der Waals surface area contributed by atoms with Gasteiger partial charge in [0.05, 0.1) is 35.5 Å². The zero-order valence-electron chi connectivity index (χ0n) is 10.9. The molecule has 2 aliphatic heterocycles. The molecular weight excluding hydrogens is 350 g/mol. The summed E-state index contributed by atoms with van der Waals surface area (Å²) in [5.41, 5.74) is 0.178. The number of fused-ring (bicyclic) bond motifs is 2. The van der Waals surface area contributed by atoms with Gasteiger partial charge in [0, 0.05) is 19.2 Å². The molecule has 2 fully saturated rings. The molecule has 8 heteroatoms. The number of rotatable bonds is 1. The predicted molar refractivity (Wildman–Crippen MR) is 74.5 cm³/mol. The number of anilines is 1. The lowest BCUT2D eigenvalue weighted by Gasteiger charge is -2.45. The van der Waals surface area contributed by atoms with Crippen molar-refractivity contribution in [2.24, 2.45) is 0 Å². The number of ether oxygens (including phenoxy) is 1. The van der Waals surface area contributed by atoms with Crippen molar-refractivity contribution in [2.75, 3.05) is 31.1 Å². The second-order valence-electron chi connectivity index (χ2n) is 5.19. The van der Waals surface area contributed by atoms with Crippen molar-refractivity contribution in [3.05, 3.63) is 28.2 Å². The fourth-order valence-electron chi connectivity index (χ4n) is 2.80. The molecule has 0 aromatic heterocycles. The fourth-order valence-corrected chi connectivity index (χ4v) is 3.11. The van der Waals surface area contributed by atoms with Crippen LogP contribution in [0.25, 0.3) is 0 Å². The molecule has 2 bridgehead atoms. The summed E-state index contributed by atoms with van der Waals surface area (Å²) in [5, 5.41) is 9.03. The van der Waals surface area contributed by atoms with Crippen LogP contribution in [0.5, 0.6) is 0 Å². The highest BCUT2D eigenvalue weighted by atomic mass is 79.9. The van der Waals surface area contributed by atoms with Crippen molar-refractivity contribution in [1.82, 2.24) is 4.90 Å². The molecule has 0 radical (unpaired) electrons. The SMILES string of the molecule is O=C(O)N1CC2CN(c3cc(F)c(Br)cc3F)CC(C1)O2. The average molecular weight is 363 g/mol. The van der Waals surface area contributed by atoms with Crippen molar-refractivity contribution in [2.45, 2.75) is 12.2 Å².